The lowest BCUT2D eigenvalue weighted by Crippen LogP contribution is -2.37. The summed E-state index contributed by atoms with van der Waals surface area (Å²) in [6.07, 6.45) is 0. The highest BCUT2D eigenvalue weighted by molar-refractivity contribution is 6.39. The Morgan fingerprint density at radius 2 is 1.68 bits per heavy atom. The summed E-state index contributed by atoms with van der Waals surface area (Å²) in [5, 5.41) is 5.16. The van der Waals surface area contributed by atoms with Crippen molar-refractivity contribution in [1.29, 1.82) is 0 Å². The minimum absolute atomic E-state index is 0.0549. The summed E-state index contributed by atoms with van der Waals surface area (Å²) in [6, 6.07) is 14.5. The van der Waals surface area contributed by atoms with Crippen molar-refractivity contribution in [3.05, 3.63) is 65.2 Å². The molecule has 2 aromatic carbocycles. The first-order valence-corrected chi connectivity index (χ1v) is 8.13. The predicted octanol–water partition coefficient (Wildman–Crippen LogP) is 3.06. The lowest BCUT2D eigenvalue weighted by Gasteiger charge is -2.13. The number of Topliss-reactive ketones (excluding diaryl/α,β-unsaturated/α-hetero) is 1. The Hall–Kier alpha value is -2.95. The molecule has 2 rings (SSSR count). The molecule has 0 aliphatic carbocycles. The minimum atomic E-state index is -0.730. The highest BCUT2D eigenvalue weighted by Crippen LogP contribution is 2.15. The molecule has 0 saturated heterocycles. The molecular weight excluding hydrogens is 316 g/mol. The van der Waals surface area contributed by atoms with E-state index in [0.29, 0.717) is 17.8 Å². The normalized spacial score (nSPS) is 11.5. The molecule has 0 radical (unpaired) electrons. The average Bonchev–Trinajstić information content (AvgIpc) is 2.59. The highest BCUT2D eigenvalue weighted by atomic mass is 16.2. The molecule has 5 heteroatoms. The molecule has 2 amide bonds. The molecule has 130 valence electrons. The molecule has 2 N–H and O–H groups in total. The number of anilines is 1. The minimum Gasteiger partial charge on any atom is -0.347 e. The third-order valence-corrected chi connectivity index (χ3v) is 3.94. The SMILES string of the molecule is CC(=O)c1ccc(NC(=O)C(=O)NC[C@@H](C)c2cccc(C)c2)cc1. The lowest BCUT2D eigenvalue weighted by molar-refractivity contribution is -0.136. The van der Waals surface area contributed by atoms with E-state index < -0.39 is 11.8 Å². The molecule has 0 unspecified atom stereocenters. The third-order valence-electron chi connectivity index (χ3n) is 3.94. The quantitative estimate of drug-likeness (QED) is 0.650. The van der Waals surface area contributed by atoms with Gasteiger partial charge in [-0.1, -0.05) is 36.8 Å². The number of hydrogen-bond acceptors (Lipinski definition) is 3. The highest BCUT2D eigenvalue weighted by Gasteiger charge is 2.15. The Kier molecular flexibility index (Phi) is 6.06. The van der Waals surface area contributed by atoms with Crippen LogP contribution in [0.1, 0.15) is 41.3 Å². The van der Waals surface area contributed by atoms with Gasteiger partial charge in [0.15, 0.2) is 5.78 Å². The molecule has 5 nitrogen and oxygen atoms in total. The van der Waals surface area contributed by atoms with Crippen molar-refractivity contribution in [2.24, 2.45) is 0 Å². The van der Waals surface area contributed by atoms with Gasteiger partial charge in [-0.2, -0.15) is 0 Å². The molecule has 0 aliphatic rings. The van der Waals surface area contributed by atoms with Gasteiger partial charge in [-0.3, -0.25) is 14.4 Å². The first-order chi connectivity index (χ1) is 11.9. The van der Waals surface area contributed by atoms with Crippen molar-refractivity contribution >= 4 is 23.3 Å². The Morgan fingerprint density at radius 1 is 1.00 bits per heavy atom. The fourth-order valence-corrected chi connectivity index (χ4v) is 2.40. The Labute approximate surface area is 147 Å². The van der Waals surface area contributed by atoms with Crippen LogP contribution in [0.25, 0.3) is 0 Å². The van der Waals surface area contributed by atoms with Crippen LogP contribution in [0, 0.1) is 6.92 Å². The molecular formula is C20H22N2O3. The van der Waals surface area contributed by atoms with Crippen molar-refractivity contribution in [3.8, 4) is 0 Å². The molecule has 2 aromatic rings. The smallest absolute Gasteiger partial charge is 0.313 e. The van der Waals surface area contributed by atoms with Crippen LogP contribution in [0.2, 0.25) is 0 Å². The summed E-state index contributed by atoms with van der Waals surface area (Å²) in [4.78, 5) is 35.1. The molecule has 0 aromatic heterocycles. The van der Waals surface area contributed by atoms with Crippen molar-refractivity contribution in [2.45, 2.75) is 26.7 Å². The number of ketones is 1. The summed E-state index contributed by atoms with van der Waals surface area (Å²) in [7, 11) is 0. The Bertz CT molecular complexity index is 782. The van der Waals surface area contributed by atoms with Gasteiger partial charge >= 0.3 is 11.8 Å². The van der Waals surface area contributed by atoms with E-state index in [2.05, 4.69) is 16.7 Å². The van der Waals surface area contributed by atoms with E-state index in [1.54, 1.807) is 24.3 Å². The van der Waals surface area contributed by atoms with Crippen LogP contribution < -0.4 is 10.6 Å². The van der Waals surface area contributed by atoms with Gasteiger partial charge in [0.2, 0.25) is 0 Å². The van der Waals surface area contributed by atoms with Crippen LogP contribution in [-0.2, 0) is 9.59 Å². The maximum Gasteiger partial charge on any atom is 0.313 e. The number of carbonyl (C=O) groups excluding carboxylic acids is 3. The second kappa shape index (κ2) is 8.24. The molecule has 0 spiro atoms. The van der Waals surface area contributed by atoms with Gasteiger partial charge in [0.25, 0.3) is 0 Å². The molecule has 0 bridgehead atoms. The number of rotatable bonds is 5. The third kappa shape index (κ3) is 5.28. The zero-order chi connectivity index (χ0) is 18.4. The largest absolute Gasteiger partial charge is 0.347 e. The Morgan fingerprint density at radius 3 is 2.28 bits per heavy atom. The van der Waals surface area contributed by atoms with Gasteiger partial charge in [-0.15, -0.1) is 0 Å². The zero-order valence-electron chi connectivity index (χ0n) is 14.6. The molecule has 1 atom stereocenters. The first kappa shape index (κ1) is 18.4. The van der Waals surface area contributed by atoms with E-state index in [1.165, 1.54) is 6.92 Å². The fourth-order valence-electron chi connectivity index (χ4n) is 2.40. The number of aryl methyl sites for hydroxylation is 1. The van der Waals surface area contributed by atoms with Gasteiger partial charge in [0.1, 0.15) is 0 Å². The summed E-state index contributed by atoms with van der Waals surface area (Å²) in [5.74, 6) is -1.37. The molecule has 0 fully saturated rings. The molecule has 0 saturated carbocycles. The second-order valence-corrected chi connectivity index (χ2v) is 6.11. The van der Waals surface area contributed by atoms with E-state index >= 15 is 0 Å². The van der Waals surface area contributed by atoms with Crippen LogP contribution in [0.4, 0.5) is 5.69 Å². The lowest BCUT2D eigenvalue weighted by atomic mass is 9.99. The van der Waals surface area contributed by atoms with Gasteiger partial charge < -0.3 is 10.6 Å². The van der Waals surface area contributed by atoms with Gasteiger partial charge in [0, 0.05) is 17.8 Å². The fraction of sp³-hybridized carbons (Fsp3) is 0.250. The molecule has 0 heterocycles. The van der Waals surface area contributed by atoms with Gasteiger partial charge in [-0.25, -0.2) is 0 Å². The zero-order valence-corrected chi connectivity index (χ0v) is 14.6. The van der Waals surface area contributed by atoms with Crippen LogP contribution in [-0.4, -0.2) is 24.1 Å². The number of amides is 2. The van der Waals surface area contributed by atoms with E-state index in [4.69, 9.17) is 0 Å². The van der Waals surface area contributed by atoms with E-state index in [-0.39, 0.29) is 11.7 Å². The summed E-state index contributed by atoms with van der Waals surface area (Å²) in [6.45, 7) is 5.85. The van der Waals surface area contributed by atoms with Crippen LogP contribution >= 0.6 is 0 Å². The van der Waals surface area contributed by atoms with Gasteiger partial charge in [0.05, 0.1) is 0 Å². The average molecular weight is 338 g/mol. The topological polar surface area (TPSA) is 75.3 Å². The Balaban J connectivity index is 1.87. The van der Waals surface area contributed by atoms with Crippen LogP contribution in [0.15, 0.2) is 48.5 Å². The summed E-state index contributed by atoms with van der Waals surface area (Å²) >= 11 is 0. The van der Waals surface area contributed by atoms with E-state index in [0.717, 1.165) is 11.1 Å². The number of carbonyl (C=O) groups is 3. The summed E-state index contributed by atoms with van der Waals surface area (Å²) < 4.78 is 0. The van der Waals surface area contributed by atoms with E-state index in [9.17, 15) is 14.4 Å². The van der Waals surface area contributed by atoms with Crippen molar-refractivity contribution < 1.29 is 14.4 Å². The maximum absolute atomic E-state index is 11.9. The number of hydrogen-bond donors (Lipinski definition) is 2. The van der Waals surface area contributed by atoms with Crippen molar-refractivity contribution in [3.63, 3.8) is 0 Å². The monoisotopic (exact) mass is 338 g/mol. The van der Waals surface area contributed by atoms with Crippen LogP contribution in [0.3, 0.4) is 0 Å². The number of benzene rings is 2. The molecule has 25 heavy (non-hydrogen) atoms. The predicted molar refractivity (Wildman–Crippen MR) is 97.7 cm³/mol. The van der Waals surface area contributed by atoms with E-state index in [1.807, 2.05) is 32.0 Å². The maximum atomic E-state index is 11.9. The molecule has 0 aliphatic heterocycles. The van der Waals surface area contributed by atoms with Gasteiger partial charge in [-0.05, 0) is 49.6 Å². The first-order valence-electron chi connectivity index (χ1n) is 8.13. The standard InChI is InChI=1S/C20H22N2O3/c1-13-5-4-6-17(11-13)14(2)12-21-19(24)20(25)22-18-9-7-16(8-10-18)15(3)23/h4-11,14H,12H2,1-3H3,(H,21,24)(H,22,25)/t14-/m1/s1. The van der Waals surface area contributed by atoms with Crippen LogP contribution in [0.5, 0.6) is 0 Å². The van der Waals surface area contributed by atoms with Crippen molar-refractivity contribution in [1.82, 2.24) is 5.32 Å². The second-order valence-electron chi connectivity index (χ2n) is 6.11. The van der Waals surface area contributed by atoms with Crippen molar-refractivity contribution in [2.75, 3.05) is 11.9 Å². The summed E-state index contributed by atoms with van der Waals surface area (Å²) in [5.41, 5.74) is 3.29. The number of nitrogens with one attached hydrogen (secondary N) is 2.